The normalized spacial score (nSPS) is 17.5. The van der Waals surface area contributed by atoms with Crippen LogP contribution < -0.4 is 5.32 Å². The summed E-state index contributed by atoms with van der Waals surface area (Å²) in [6.07, 6.45) is -0.965. The van der Waals surface area contributed by atoms with E-state index >= 15 is 0 Å². The van der Waals surface area contributed by atoms with Crippen LogP contribution >= 0.6 is 0 Å². The summed E-state index contributed by atoms with van der Waals surface area (Å²) in [5.74, 6) is -2.71. The molecule has 8 nitrogen and oxygen atoms in total. The first-order valence-electron chi connectivity index (χ1n) is 10.8. The number of halogens is 3. The molecule has 1 amide bonds. The van der Waals surface area contributed by atoms with Crippen molar-refractivity contribution in [2.24, 2.45) is 0 Å². The molecule has 1 saturated heterocycles. The van der Waals surface area contributed by atoms with Crippen molar-refractivity contribution in [3.05, 3.63) is 29.8 Å². The van der Waals surface area contributed by atoms with Crippen molar-refractivity contribution in [3.63, 3.8) is 0 Å². The Labute approximate surface area is 191 Å². The van der Waals surface area contributed by atoms with Gasteiger partial charge in [-0.3, -0.25) is 4.79 Å². The van der Waals surface area contributed by atoms with Crippen molar-refractivity contribution in [2.75, 3.05) is 32.7 Å². The molecule has 33 heavy (non-hydrogen) atoms. The number of alkyl halides is 3. The van der Waals surface area contributed by atoms with Gasteiger partial charge in [-0.05, 0) is 37.5 Å². The van der Waals surface area contributed by atoms with Gasteiger partial charge in [0.25, 0.3) is 0 Å². The number of carbonyl (C=O) groups excluding carboxylic acids is 1. The van der Waals surface area contributed by atoms with Crippen molar-refractivity contribution in [2.45, 2.75) is 56.1 Å². The fourth-order valence-corrected chi connectivity index (χ4v) is 5.67. The molecular formula is C21H30F3N3O5S. The van der Waals surface area contributed by atoms with E-state index in [-0.39, 0.29) is 24.9 Å². The van der Waals surface area contributed by atoms with Crippen LogP contribution in [0.2, 0.25) is 0 Å². The quantitative estimate of drug-likeness (QED) is 0.630. The summed E-state index contributed by atoms with van der Waals surface area (Å²) >= 11 is 0. The first-order chi connectivity index (χ1) is 15.4. The zero-order chi connectivity index (χ0) is 24.6. The second-order valence-corrected chi connectivity index (χ2v) is 9.94. The monoisotopic (exact) mass is 493 g/mol. The fraction of sp³-hybridized carbons (Fsp3) is 0.619. The van der Waals surface area contributed by atoms with Gasteiger partial charge < -0.3 is 15.3 Å². The van der Waals surface area contributed by atoms with Gasteiger partial charge in [0.1, 0.15) is 0 Å². The average Bonchev–Trinajstić information content (AvgIpc) is 3.28. The van der Waals surface area contributed by atoms with Crippen LogP contribution in [0.15, 0.2) is 29.2 Å². The number of carboxylic acids is 1. The van der Waals surface area contributed by atoms with Crippen molar-refractivity contribution < 1.29 is 36.3 Å². The minimum atomic E-state index is -5.08. The SMILES string of the molecule is Cc1cccc(S(=O)(=O)N(CCC(=O)N2CCNCC2)C2CCCC2)c1.O=C(O)C(F)(F)F. The molecule has 0 unspecified atom stereocenters. The fourth-order valence-electron chi connectivity index (χ4n) is 3.88. The number of aryl methyl sites for hydroxylation is 1. The van der Waals surface area contributed by atoms with E-state index in [4.69, 9.17) is 9.90 Å². The predicted octanol–water partition coefficient (Wildman–Crippen LogP) is 2.38. The number of nitrogens with zero attached hydrogens (tertiary/aromatic N) is 2. The molecule has 1 aliphatic heterocycles. The van der Waals surface area contributed by atoms with Crippen LogP contribution in [-0.4, -0.2) is 79.5 Å². The number of carbonyl (C=O) groups is 2. The third kappa shape index (κ3) is 7.97. The van der Waals surface area contributed by atoms with E-state index < -0.39 is 22.2 Å². The number of nitrogens with one attached hydrogen (secondary N) is 1. The van der Waals surface area contributed by atoms with Gasteiger partial charge in [-0.2, -0.15) is 17.5 Å². The lowest BCUT2D eigenvalue weighted by molar-refractivity contribution is -0.192. The average molecular weight is 494 g/mol. The van der Waals surface area contributed by atoms with Gasteiger partial charge in [-0.1, -0.05) is 25.0 Å². The summed E-state index contributed by atoms with van der Waals surface area (Å²) in [4.78, 5) is 23.6. The zero-order valence-electron chi connectivity index (χ0n) is 18.5. The number of benzene rings is 1. The highest BCUT2D eigenvalue weighted by Gasteiger charge is 2.38. The first kappa shape index (κ1) is 27.1. The lowest BCUT2D eigenvalue weighted by atomic mass is 10.2. The Morgan fingerprint density at radius 1 is 1.18 bits per heavy atom. The molecule has 0 spiro atoms. The molecule has 0 atom stereocenters. The molecule has 0 bridgehead atoms. The minimum absolute atomic E-state index is 0.0105. The highest BCUT2D eigenvalue weighted by Crippen LogP contribution is 2.29. The highest BCUT2D eigenvalue weighted by molar-refractivity contribution is 7.89. The van der Waals surface area contributed by atoms with Crippen LogP contribution in [0.4, 0.5) is 13.2 Å². The first-order valence-corrected chi connectivity index (χ1v) is 12.2. The van der Waals surface area contributed by atoms with Gasteiger partial charge in [-0.25, -0.2) is 13.2 Å². The number of hydrogen-bond donors (Lipinski definition) is 2. The Morgan fingerprint density at radius 2 is 1.76 bits per heavy atom. The van der Waals surface area contributed by atoms with Crippen molar-refractivity contribution in [3.8, 4) is 0 Å². The maximum Gasteiger partial charge on any atom is 0.490 e. The van der Waals surface area contributed by atoms with Crippen LogP contribution in [0.25, 0.3) is 0 Å². The number of rotatable bonds is 6. The lowest BCUT2D eigenvalue weighted by Gasteiger charge is -2.31. The Bertz CT molecular complexity index is 912. The summed E-state index contributed by atoms with van der Waals surface area (Å²) < 4.78 is 59.8. The van der Waals surface area contributed by atoms with Crippen LogP contribution in [0.3, 0.4) is 0 Å². The molecular weight excluding hydrogens is 463 g/mol. The molecule has 1 aliphatic carbocycles. The molecule has 1 saturated carbocycles. The highest BCUT2D eigenvalue weighted by atomic mass is 32.2. The third-order valence-electron chi connectivity index (χ3n) is 5.59. The summed E-state index contributed by atoms with van der Waals surface area (Å²) in [5.41, 5.74) is 0.925. The molecule has 2 N–H and O–H groups in total. The number of carboxylic acid groups (broad SMARTS) is 1. The second kappa shape index (κ2) is 11.8. The third-order valence-corrected chi connectivity index (χ3v) is 7.53. The lowest BCUT2D eigenvalue weighted by Crippen LogP contribution is -2.48. The standard InChI is InChI=1S/C19H29N3O3S.C2HF3O2/c1-16-5-4-8-18(15-16)26(24,25)22(17-6-2-3-7-17)12-9-19(23)21-13-10-20-11-14-21;3-2(4,5)1(6)7/h4-5,8,15,17,20H,2-3,6-7,9-14H2,1H3;(H,6,7). The van der Waals surface area contributed by atoms with E-state index in [1.165, 1.54) is 0 Å². The van der Waals surface area contributed by atoms with E-state index in [1.54, 1.807) is 22.5 Å². The van der Waals surface area contributed by atoms with E-state index in [9.17, 15) is 26.4 Å². The van der Waals surface area contributed by atoms with Crippen LogP contribution in [-0.2, 0) is 19.6 Å². The van der Waals surface area contributed by atoms with E-state index in [0.717, 1.165) is 44.3 Å². The molecule has 2 aliphatic rings. The van der Waals surface area contributed by atoms with Gasteiger partial charge in [0.05, 0.1) is 4.90 Å². The number of piperazine rings is 1. The molecule has 12 heteroatoms. The van der Waals surface area contributed by atoms with Gasteiger partial charge in [0, 0.05) is 45.2 Å². The molecule has 0 radical (unpaired) electrons. The number of amides is 1. The molecule has 1 heterocycles. The van der Waals surface area contributed by atoms with E-state index in [2.05, 4.69) is 5.32 Å². The Kier molecular flexibility index (Phi) is 9.68. The number of aliphatic carboxylic acids is 1. The molecule has 186 valence electrons. The summed E-state index contributed by atoms with van der Waals surface area (Å²) in [7, 11) is -3.58. The van der Waals surface area contributed by atoms with Gasteiger partial charge in [0.2, 0.25) is 15.9 Å². The van der Waals surface area contributed by atoms with Crippen molar-refractivity contribution >= 4 is 21.9 Å². The number of hydrogen-bond acceptors (Lipinski definition) is 5. The molecule has 3 rings (SSSR count). The van der Waals surface area contributed by atoms with Crippen LogP contribution in [0.1, 0.15) is 37.7 Å². The summed E-state index contributed by atoms with van der Waals surface area (Å²) in [5, 5.41) is 10.4. The summed E-state index contributed by atoms with van der Waals surface area (Å²) in [6.45, 7) is 5.18. The van der Waals surface area contributed by atoms with Gasteiger partial charge in [-0.15, -0.1) is 0 Å². The Hall–Kier alpha value is -2.18. The van der Waals surface area contributed by atoms with E-state index in [0.29, 0.717) is 18.0 Å². The van der Waals surface area contributed by atoms with Gasteiger partial charge in [0.15, 0.2) is 0 Å². The largest absolute Gasteiger partial charge is 0.490 e. The topological polar surface area (TPSA) is 107 Å². The van der Waals surface area contributed by atoms with Crippen LogP contribution in [0, 0.1) is 6.92 Å². The maximum atomic E-state index is 13.3. The second-order valence-electron chi connectivity index (χ2n) is 8.05. The Balaban J connectivity index is 0.000000479. The summed E-state index contributed by atoms with van der Waals surface area (Å²) in [6, 6.07) is 7.06. The zero-order valence-corrected chi connectivity index (χ0v) is 19.3. The number of sulfonamides is 1. The molecule has 2 fully saturated rings. The van der Waals surface area contributed by atoms with Crippen LogP contribution in [0.5, 0.6) is 0 Å². The van der Waals surface area contributed by atoms with E-state index in [1.807, 2.05) is 17.9 Å². The van der Waals surface area contributed by atoms with Crippen molar-refractivity contribution in [1.29, 1.82) is 0 Å². The molecule has 1 aromatic carbocycles. The molecule has 0 aromatic heterocycles. The Morgan fingerprint density at radius 3 is 2.27 bits per heavy atom. The van der Waals surface area contributed by atoms with Gasteiger partial charge >= 0.3 is 12.1 Å². The maximum absolute atomic E-state index is 13.3. The van der Waals surface area contributed by atoms with Crippen molar-refractivity contribution in [1.82, 2.24) is 14.5 Å². The molecule has 1 aromatic rings. The smallest absolute Gasteiger partial charge is 0.475 e. The minimum Gasteiger partial charge on any atom is -0.475 e. The predicted molar refractivity (Wildman–Crippen MR) is 115 cm³/mol.